The minimum Gasteiger partial charge on any atom is -0.338 e. The van der Waals surface area contributed by atoms with Crippen LogP contribution in [0.15, 0.2) is 22.2 Å². The first-order chi connectivity index (χ1) is 8.61. The maximum atomic E-state index is 4.37. The van der Waals surface area contributed by atoms with Gasteiger partial charge in [0.1, 0.15) is 5.82 Å². The lowest BCUT2D eigenvalue weighted by Crippen LogP contribution is -2.16. The van der Waals surface area contributed by atoms with Crippen LogP contribution in [0, 0.1) is 6.92 Å². The highest BCUT2D eigenvalue weighted by atomic mass is 79.9. The Morgan fingerprint density at radius 2 is 2.33 bits per heavy atom. The molecule has 2 rings (SSSR count). The molecule has 0 spiro atoms. The van der Waals surface area contributed by atoms with Crippen molar-refractivity contribution in [1.82, 2.24) is 14.9 Å². The number of imidazole rings is 1. The third-order valence-corrected chi connectivity index (χ3v) is 5.40. The smallest absolute Gasteiger partial charge is 0.108 e. The van der Waals surface area contributed by atoms with Gasteiger partial charge in [0.2, 0.25) is 0 Å². The molecule has 0 saturated carbocycles. The number of hydrogen-bond donors (Lipinski definition) is 1. The molecule has 0 radical (unpaired) electrons. The summed E-state index contributed by atoms with van der Waals surface area (Å²) in [4.78, 5) is 5.75. The number of nitrogens with zero attached hydrogens (tertiary/aromatic N) is 2. The fourth-order valence-corrected chi connectivity index (χ4v) is 3.71. The fourth-order valence-electron chi connectivity index (χ4n) is 1.99. The minimum atomic E-state index is 0.400. The van der Waals surface area contributed by atoms with Crippen LogP contribution in [-0.2, 0) is 13.5 Å². The number of aromatic nitrogens is 2. The van der Waals surface area contributed by atoms with Crippen molar-refractivity contribution < 1.29 is 0 Å². The van der Waals surface area contributed by atoms with Crippen LogP contribution in [0.1, 0.15) is 28.7 Å². The zero-order valence-electron chi connectivity index (χ0n) is 10.9. The van der Waals surface area contributed by atoms with Crippen LogP contribution in [-0.4, -0.2) is 16.6 Å². The summed E-state index contributed by atoms with van der Waals surface area (Å²) >= 11 is 5.40. The third-order valence-electron chi connectivity index (χ3n) is 3.15. The molecule has 0 fully saturated rings. The van der Waals surface area contributed by atoms with E-state index in [1.54, 1.807) is 0 Å². The standard InChI is InChI=1S/C13H18BrN3S/c1-9-8-11(18-13(9)14)10(15-2)4-5-12-16-6-7-17(12)3/h6-8,10,15H,4-5H2,1-3H3. The molecule has 0 amide bonds. The summed E-state index contributed by atoms with van der Waals surface area (Å²) in [7, 11) is 4.06. The molecule has 0 aliphatic rings. The first-order valence-electron chi connectivity index (χ1n) is 6.01. The van der Waals surface area contributed by atoms with Gasteiger partial charge in [-0.1, -0.05) is 0 Å². The third kappa shape index (κ3) is 3.02. The molecule has 5 heteroatoms. The van der Waals surface area contributed by atoms with Gasteiger partial charge in [0.05, 0.1) is 3.79 Å². The molecule has 18 heavy (non-hydrogen) atoms. The lowest BCUT2D eigenvalue weighted by atomic mass is 10.1. The van der Waals surface area contributed by atoms with Crippen molar-refractivity contribution in [3.8, 4) is 0 Å². The van der Waals surface area contributed by atoms with Crippen LogP contribution in [0.3, 0.4) is 0 Å². The zero-order valence-corrected chi connectivity index (χ0v) is 13.3. The second-order valence-corrected chi connectivity index (χ2v) is 6.84. The molecule has 0 saturated heterocycles. The lowest BCUT2D eigenvalue weighted by molar-refractivity contribution is 0.543. The van der Waals surface area contributed by atoms with E-state index in [0.717, 1.165) is 18.7 Å². The molecule has 1 N–H and O–H groups in total. The van der Waals surface area contributed by atoms with Gasteiger partial charge in [-0.2, -0.15) is 0 Å². The molecule has 2 aromatic rings. The highest BCUT2D eigenvalue weighted by Gasteiger charge is 2.14. The van der Waals surface area contributed by atoms with Crippen LogP contribution in [0.4, 0.5) is 0 Å². The van der Waals surface area contributed by atoms with Crippen LogP contribution in [0.2, 0.25) is 0 Å². The Bertz CT molecular complexity index is 499. The van der Waals surface area contributed by atoms with E-state index in [2.05, 4.69) is 43.8 Å². The van der Waals surface area contributed by atoms with Crippen molar-refractivity contribution in [2.75, 3.05) is 7.05 Å². The maximum absolute atomic E-state index is 4.37. The number of hydrogen-bond acceptors (Lipinski definition) is 3. The summed E-state index contributed by atoms with van der Waals surface area (Å²) in [6.07, 6.45) is 5.91. The molecule has 0 aliphatic heterocycles. The van der Waals surface area contributed by atoms with Crippen LogP contribution in [0.25, 0.3) is 0 Å². The van der Waals surface area contributed by atoms with E-state index in [4.69, 9.17) is 0 Å². The molecule has 3 nitrogen and oxygen atoms in total. The molecule has 2 aromatic heterocycles. The monoisotopic (exact) mass is 327 g/mol. The van der Waals surface area contributed by atoms with Crippen LogP contribution < -0.4 is 5.32 Å². The van der Waals surface area contributed by atoms with Crippen LogP contribution >= 0.6 is 27.3 Å². The Hall–Kier alpha value is -0.650. The van der Waals surface area contributed by atoms with E-state index in [1.807, 2.05) is 37.8 Å². The average Bonchev–Trinajstić information content (AvgIpc) is 2.88. The average molecular weight is 328 g/mol. The summed E-state index contributed by atoms with van der Waals surface area (Å²) in [6.45, 7) is 2.13. The molecule has 0 aromatic carbocycles. The number of nitrogens with one attached hydrogen (secondary N) is 1. The molecular formula is C13H18BrN3S. The van der Waals surface area contributed by atoms with E-state index < -0.39 is 0 Å². The van der Waals surface area contributed by atoms with Gasteiger partial charge < -0.3 is 9.88 Å². The van der Waals surface area contributed by atoms with Crippen molar-refractivity contribution in [3.05, 3.63) is 38.5 Å². The first kappa shape index (κ1) is 13.8. The molecule has 1 unspecified atom stereocenters. The highest BCUT2D eigenvalue weighted by Crippen LogP contribution is 2.32. The summed E-state index contributed by atoms with van der Waals surface area (Å²) in [5.74, 6) is 1.14. The predicted molar refractivity (Wildman–Crippen MR) is 80.1 cm³/mol. The quantitative estimate of drug-likeness (QED) is 0.911. The maximum Gasteiger partial charge on any atom is 0.108 e. The zero-order chi connectivity index (χ0) is 13.1. The number of rotatable bonds is 5. The molecule has 1 atom stereocenters. The molecule has 0 bridgehead atoms. The summed E-state index contributed by atoms with van der Waals surface area (Å²) < 4.78 is 3.32. The number of aryl methyl sites for hydroxylation is 3. The van der Waals surface area contributed by atoms with Gasteiger partial charge >= 0.3 is 0 Å². The Morgan fingerprint density at radius 3 is 2.83 bits per heavy atom. The van der Waals surface area contributed by atoms with Crippen molar-refractivity contribution in [2.45, 2.75) is 25.8 Å². The fraction of sp³-hybridized carbons (Fsp3) is 0.462. The van der Waals surface area contributed by atoms with Gasteiger partial charge in [0.15, 0.2) is 0 Å². The van der Waals surface area contributed by atoms with Crippen LogP contribution in [0.5, 0.6) is 0 Å². The Balaban J connectivity index is 2.04. The van der Waals surface area contributed by atoms with Crippen molar-refractivity contribution in [2.24, 2.45) is 7.05 Å². The van der Waals surface area contributed by atoms with Gasteiger partial charge in [0.25, 0.3) is 0 Å². The lowest BCUT2D eigenvalue weighted by Gasteiger charge is -2.14. The molecular weight excluding hydrogens is 310 g/mol. The van der Waals surface area contributed by atoms with E-state index in [1.165, 1.54) is 14.2 Å². The van der Waals surface area contributed by atoms with Gasteiger partial charge in [-0.3, -0.25) is 0 Å². The van der Waals surface area contributed by atoms with Crippen molar-refractivity contribution >= 4 is 27.3 Å². The summed E-state index contributed by atoms with van der Waals surface area (Å²) in [5, 5.41) is 3.39. The summed E-state index contributed by atoms with van der Waals surface area (Å²) in [5.41, 5.74) is 1.31. The molecule has 0 aliphatic carbocycles. The Kier molecular flexibility index (Phi) is 4.59. The van der Waals surface area contributed by atoms with E-state index in [-0.39, 0.29) is 0 Å². The Labute approximate surface area is 120 Å². The van der Waals surface area contributed by atoms with E-state index in [9.17, 15) is 0 Å². The Morgan fingerprint density at radius 1 is 1.56 bits per heavy atom. The second kappa shape index (κ2) is 5.99. The number of thiophene rings is 1. The topological polar surface area (TPSA) is 29.9 Å². The van der Waals surface area contributed by atoms with Gasteiger partial charge in [-0.15, -0.1) is 11.3 Å². The highest BCUT2D eigenvalue weighted by molar-refractivity contribution is 9.11. The first-order valence-corrected chi connectivity index (χ1v) is 7.62. The van der Waals surface area contributed by atoms with Gasteiger partial charge in [-0.05, 0) is 48.0 Å². The van der Waals surface area contributed by atoms with Crippen molar-refractivity contribution in [1.29, 1.82) is 0 Å². The molecule has 2 heterocycles. The normalized spacial score (nSPS) is 12.9. The predicted octanol–water partition coefficient (Wildman–Crippen LogP) is 3.45. The van der Waals surface area contributed by atoms with E-state index >= 15 is 0 Å². The van der Waals surface area contributed by atoms with E-state index in [0.29, 0.717) is 6.04 Å². The molecule has 98 valence electrons. The van der Waals surface area contributed by atoms with Gasteiger partial charge in [0, 0.05) is 36.8 Å². The SMILES string of the molecule is CNC(CCc1nccn1C)c1cc(C)c(Br)s1. The minimum absolute atomic E-state index is 0.400. The van der Waals surface area contributed by atoms with Crippen molar-refractivity contribution in [3.63, 3.8) is 0 Å². The van der Waals surface area contributed by atoms with Gasteiger partial charge in [-0.25, -0.2) is 4.98 Å². The number of halogens is 1. The largest absolute Gasteiger partial charge is 0.338 e. The summed E-state index contributed by atoms with van der Waals surface area (Å²) in [6, 6.07) is 2.66. The second-order valence-electron chi connectivity index (χ2n) is 4.44.